The Hall–Kier alpha value is -2.54. The van der Waals surface area contributed by atoms with Gasteiger partial charge < -0.3 is 5.32 Å². The van der Waals surface area contributed by atoms with Gasteiger partial charge in [-0.2, -0.15) is 5.10 Å². The molecule has 0 fully saturated rings. The lowest BCUT2D eigenvalue weighted by Gasteiger charge is -1.99. The zero-order chi connectivity index (χ0) is 16.2. The van der Waals surface area contributed by atoms with Crippen molar-refractivity contribution in [2.24, 2.45) is 0 Å². The van der Waals surface area contributed by atoms with E-state index in [4.69, 9.17) is 0 Å². The van der Waals surface area contributed by atoms with E-state index >= 15 is 0 Å². The van der Waals surface area contributed by atoms with Gasteiger partial charge in [0.25, 0.3) is 0 Å². The molecule has 0 radical (unpaired) electrons. The van der Waals surface area contributed by atoms with Gasteiger partial charge >= 0.3 is 0 Å². The molecule has 7 heteroatoms. The molecule has 1 aromatic carbocycles. The first kappa shape index (κ1) is 15.4. The number of fused-ring (bicyclic) bond motifs is 3. The molecular formula is C16H18N6S. The van der Waals surface area contributed by atoms with Crippen molar-refractivity contribution in [2.45, 2.75) is 27.2 Å². The van der Waals surface area contributed by atoms with E-state index < -0.39 is 0 Å². The molecule has 0 spiro atoms. The number of hydrogen-bond donors (Lipinski definition) is 2. The van der Waals surface area contributed by atoms with Crippen molar-refractivity contribution < 1.29 is 0 Å². The van der Waals surface area contributed by atoms with E-state index in [1.54, 1.807) is 23.7 Å². The molecule has 0 bridgehead atoms. The molecule has 2 N–H and O–H groups in total. The summed E-state index contributed by atoms with van der Waals surface area (Å²) >= 11 is 1.57. The number of nitrogens with one attached hydrogen (secondary N) is 2. The van der Waals surface area contributed by atoms with Crippen LogP contribution in [0.5, 0.6) is 0 Å². The summed E-state index contributed by atoms with van der Waals surface area (Å²) in [6.45, 7) is 6.18. The lowest BCUT2D eigenvalue weighted by molar-refractivity contribution is 1.09. The van der Waals surface area contributed by atoms with Crippen molar-refractivity contribution in [3.63, 3.8) is 0 Å². The molecule has 3 heterocycles. The lowest BCUT2D eigenvalue weighted by Crippen LogP contribution is -1.96. The van der Waals surface area contributed by atoms with Gasteiger partial charge in [0.05, 0.1) is 21.9 Å². The number of anilines is 2. The highest BCUT2D eigenvalue weighted by atomic mass is 32.1. The Balaban J connectivity index is 0.000000485. The van der Waals surface area contributed by atoms with Gasteiger partial charge in [-0.1, -0.05) is 31.6 Å². The largest absolute Gasteiger partial charge is 0.300 e. The molecule has 4 aromatic rings. The Kier molecular flexibility index (Phi) is 4.47. The van der Waals surface area contributed by atoms with Gasteiger partial charge in [-0.25, -0.2) is 15.0 Å². The molecule has 118 valence electrons. The Morgan fingerprint density at radius 3 is 2.78 bits per heavy atom. The van der Waals surface area contributed by atoms with Crippen LogP contribution in [-0.4, -0.2) is 25.1 Å². The minimum Gasteiger partial charge on any atom is -0.300 e. The second kappa shape index (κ2) is 6.70. The van der Waals surface area contributed by atoms with Crippen LogP contribution in [0.2, 0.25) is 0 Å². The normalized spacial score (nSPS) is 10.6. The number of hydrogen-bond acceptors (Lipinski definition) is 6. The molecule has 0 unspecified atom stereocenters. The fourth-order valence-corrected chi connectivity index (χ4v) is 2.94. The second-order valence-corrected chi connectivity index (χ2v) is 6.15. The number of aromatic nitrogens is 5. The SMILES string of the molecule is CCC.Cc1ccnc(Nc2nc3c(ccc4[nH]ncc43)s2)n1. The minimum absolute atomic E-state index is 0.562. The summed E-state index contributed by atoms with van der Waals surface area (Å²) in [6, 6.07) is 5.91. The van der Waals surface area contributed by atoms with Crippen LogP contribution in [0.4, 0.5) is 11.1 Å². The fraction of sp³-hybridized carbons (Fsp3) is 0.250. The summed E-state index contributed by atoms with van der Waals surface area (Å²) in [7, 11) is 0. The van der Waals surface area contributed by atoms with Gasteiger partial charge in [-0.15, -0.1) is 0 Å². The highest BCUT2D eigenvalue weighted by Crippen LogP contribution is 2.31. The Morgan fingerprint density at radius 1 is 1.17 bits per heavy atom. The van der Waals surface area contributed by atoms with Crippen LogP contribution < -0.4 is 5.32 Å². The smallest absolute Gasteiger partial charge is 0.229 e. The van der Waals surface area contributed by atoms with Gasteiger partial charge in [-0.3, -0.25) is 5.10 Å². The van der Waals surface area contributed by atoms with E-state index in [0.29, 0.717) is 5.95 Å². The van der Waals surface area contributed by atoms with Crippen molar-refractivity contribution in [3.8, 4) is 0 Å². The highest BCUT2D eigenvalue weighted by molar-refractivity contribution is 7.22. The minimum atomic E-state index is 0.562. The van der Waals surface area contributed by atoms with E-state index in [1.807, 2.05) is 25.1 Å². The predicted octanol–water partition coefficient (Wildman–Crippen LogP) is 4.43. The third-order valence-corrected chi connectivity index (χ3v) is 3.93. The van der Waals surface area contributed by atoms with Crippen molar-refractivity contribution in [3.05, 3.63) is 36.3 Å². The first-order valence-corrected chi connectivity index (χ1v) is 8.32. The maximum Gasteiger partial charge on any atom is 0.229 e. The average molecular weight is 326 g/mol. The zero-order valence-corrected chi connectivity index (χ0v) is 14.1. The van der Waals surface area contributed by atoms with Crippen molar-refractivity contribution >= 4 is 43.5 Å². The molecule has 4 rings (SSSR count). The number of nitrogens with zero attached hydrogens (tertiary/aromatic N) is 4. The maximum absolute atomic E-state index is 4.61. The van der Waals surface area contributed by atoms with E-state index in [9.17, 15) is 0 Å². The number of rotatable bonds is 2. The van der Waals surface area contributed by atoms with E-state index in [2.05, 4.69) is 44.3 Å². The molecular weight excluding hydrogens is 308 g/mol. The van der Waals surface area contributed by atoms with Gasteiger partial charge in [0, 0.05) is 17.3 Å². The molecule has 0 saturated heterocycles. The van der Waals surface area contributed by atoms with Crippen LogP contribution in [0, 0.1) is 6.92 Å². The Labute approximate surface area is 138 Å². The fourth-order valence-electron chi connectivity index (χ4n) is 2.07. The monoisotopic (exact) mass is 326 g/mol. The van der Waals surface area contributed by atoms with Crippen LogP contribution in [0.25, 0.3) is 21.1 Å². The Bertz CT molecular complexity index is 927. The lowest BCUT2D eigenvalue weighted by atomic mass is 10.2. The number of thiazole rings is 1. The van der Waals surface area contributed by atoms with Gasteiger partial charge in [0.1, 0.15) is 0 Å². The summed E-state index contributed by atoms with van der Waals surface area (Å²) in [5.41, 5.74) is 2.85. The first-order chi connectivity index (χ1) is 11.2. The molecule has 0 aliphatic rings. The molecule has 23 heavy (non-hydrogen) atoms. The number of aryl methyl sites for hydroxylation is 1. The molecule has 0 atom stereocenters. The summed E-state index contributed by atoms with van der Waals surface area (Å²) in [4.78, 5) is 13.1. The summed E-state index contributed by atoms with van der Waals surface area (Å²) in [6.07, 6.45) is 4.77. The second-order valence-electron chi connectivity index (χ2n) is 5.12. The maximum atomic E-state index is 4.61. The van der Waals surface area contributed by atoms with E-state index in [0.717, 1.165) is 31.9 Å². The molecule has 0 saturated carbocycles. The van der Waals surface area contributed by atoms with Gasteiger partial charge in [-0.05, 0) is 25.1 Å². The average Bonchev–Trinajstić information content (AvgIpc) is 3.12. The molecule has 3 aromatic heterocycles. The van der Waals surface area contributed by atoms with Crippen LogP contribution in [0.1, 0.15) is 26.0 Å². The summed E-state index contributed by atoms with van der Waals surface area (Å²) in [5, 5.41) is 11.9. The van der Waals surface area contributed by atoms with E-state index in [-0.39, 0.29) is 0 Å². The molecule has 0 amide bonds. The zero-order valence-electron chi connectivity index (χ0n) is 13.3. The summed E-state index contributed by atoms with van der Waals surface area (Å²) in [5.74, 6) is 0.562. The van der Waals surface area contributed by atoms with Crippen LogP contribution in [0.15, 0.2) is 30.6 Å². The molecule has 6 nitrogen and oxygen atoms in total. The van der Waals surface area contributed by atoms with Crippen molar-refractivity contribution in [1.29, 1.82) is 0 Å². The third kappa shape index (κ3) is 3.29. The Morgan fingerprint density at radius 2 is 2.00 bits per heavy atom. The number of benzene rings is 1. The third-order valence-electron chi connectivity index (χ3n) is 2.99. The van der Waals surface area contributed by atoms with Gasteiger partial charge in [0.2, 0.25) is 5.95 Å². The summed E-state index contributed by atoms with van der Waals surface area (Å²) < 4.78 is 1.11. The van der Waals surface area contributed by atoms with Crippen LogP contribution >= 0.6 is 11.3 Å². The first-order valence-electron chi connectivity index (χ1n) is 7.50. The quantitative estimate of drug-likeness (QED) is 0.569. The van der Waals surface area contributed by atoms with Crippen LogP contribution in [0.3, 0.4) is 0 Å². The predicted molar refractivity (Wildman–Crippen MR) is 95.3 cm³/mol. The van der Waals surface area contributed by atoms with Crippen molar-refractivity contribution in [1.82, 2.24) is 25.1 Å². The molecule has 0 aliphatic carbocycles. The van der Waals surface area contributed by atoms with Crippen molar-refractivity contribution in [2.75, 3.05) is 5.32 Å². The number of aromatic amines is 1. The van der Waals surface area contributed by atoms with Crippen LogP contribution in [-0.2, 0) is 0 Å². The topological polar surface area (TPSA) is 79.4 Å². The molecule has 0 aliphatic heterocycles. The van der Waals surface area contributed by atoms with E-state index in [1.165, 1.54) is 6.42 Å². The van der Waals surface area contributed by atoms with Gasteiger partial charge in [0.15, 0.2) is 5.13 Å². The standard InChI is InChI=1S/C13H10N6S.C3H8/c1-7-4-5-14-12(16-7)18-13-17-11-8-6-15-19-9(8)2-3-10(11)20-13;1-3-2/h2-6H,1H3,(H,15,19)(H,14,16,17,18);3H2,1-2H3. The number of H-pyrrole nitrogens is 1. The highest BCUT2D eigenvalue weighted by Gasteiger charge is 2.09.